The Bertz CT molecular complexity index is 965. The van der Waals surface area contributed by atoms with Gasteiger partial charge in [-0.05, 0) is 42.3 Å². The number of hydrogen-bond donors (Lipinski definition) is 0. The molecule has 2 aromatic carbocycles. The van der Waals surface area contributed by atoms with Crippen molar-refractivity contribution in [3.05, 3.63) is 53.6 Å². The second-order valence-electron chi connectivity index (χ2n) is 6.76. The van der Waals surface area contributed by atoms with E-state index in [4.69, 9.17) is 9.47 Å². The molecule has 0 spiro atoms. The Hall–Kier alpha value is -2.58. The number of aryl methyl sites for hydroxylation is 1. The lowest BCUT2D eigenvalue weighted by atomic mass is 10.1. The minimum atomic E-state index is -3.56. The molecule has 29 heavy (non-hydrogen) atoms. The molecule has 0 unspecified atom stereocenters. The number of ether oxygens (including phenoxy) is 2. The third-order valence-corrected chi connectivity index (χ3v) is 7.04. The van der Waals surface area contributed by atoms with Crippen LogP contribution >= 0.6 is 0 Å². The molecule has 2 aromatic rings. The monoisotopic (exact) mass is 418 g/mol. The molecule has 0 atom stereocenters. The van der Waals surface area contributed by atoms with Crippen LogP contribution in [0.2, 0.25) is 0 Å². The normalized spacial score (nSPS) is 15.2. The molecule has 1 aliphatic heterocycles. The molecule has 0 bridgehead atoms. The maximum absolute atomic E-state index is 12.9. The fraction of sp³-hybridized carbons (Fsp3) is 0.381. The van der Waals surface area contributed by atoms with Crippen LogP contribution in [0.4, 0.5) is 0 Å². The first kappa shape index (κ1) is 21.1. The number of piperazine rings is 1. The van der Waals surface area contributed by atoms with E-state index >= 15 is 0 Å². The number of amides is 1. The number of sulfonamides is 1. The highest BCUT2D eigenvalue weighted by Gasteiger charge is 2.30. The van der Waals surface area contributed by atoms with Gasteiger partial charge in [0.15, 0.2) is 11.5 Å². The van der Waals surface area contributed by atoms with Crippen LogP contribution in [0.5, 0.6) is 11.5 Å². The number of methoxy groups -OCH3 is 2. The van der Waals surface area contributed by atoms with Gasteiger partial charge >= 0.3 is 0 Å². The lowest BCUT2D eigenvalue weighted by molar-refractivity contribution is 0.0697. The minimum absolute atomic E-state index is 0.157. The van der Waals surface area contributed by atoms with Crippen molar-refractivity contribution in [2.45, 2.75) is 18.2 Å². The predicted octanol–water partition coefficient (Wildman–Crippen LogP) is 2.41. The number of hydrogen-bond acceptors (Lipinski definition) is 5. The van der Waals surface area contributed by atoms with Crippen molar-refractivity contribution in [1.29, 1.82) is 0 Å². The molecule has 0 aliphatic carbocycles. The van der Waals surface area contributed by atoms with E-state index in [2.05, 4.69) is 0 Å². The molecule has 0 radical (unpaired) electrons. The van der Waals surface area contributed by atoms with Crippen LogP contribution in [0.25, 0.3) is 0 Å². The Balaban J connectivity index is 1.68. The van der Waals surface area contributed by atoms with Gasteiger partial charge < -0.3 is 14.4 Å². The second kappa shape index (κ2) is 8.84. The molecule has 1 amide bonds. The zero-order valence-corrected chi connectivity index (χ0v) is 17.7. The third kappa shape index (κ3) is 4.38. The number of carbonyl (C=O) groups is 1. The largest absolute Gasteiger partial charge is 0.493 e. The summed E-state index contributed by atoms with van der Waals surface area (Å²) in [6.45, 7) is 3.21. The third-order valence-electron chi connectivity index (χ3n) is 5.13. The van der Waals surface area contributed by atoms with Crippen LogP contribution in [-0.2, 0) is 16.4 Å². The predicted molar refractivity (Wildman–Crippen MR) is 110 cm³/mol. The molecular formula is C21H26N2O5S. The van der Waals surface area contributed by atoms with E-state index in [1.165, 1.54) is 18.5 Å². The van der Waals surface area contributed by atoms with E-state index in [1.54, 1.807) is 35.2 Å². The van der Waals surface area contributed by atoms with Crippen molar-refractivity contribution in [1.82, 2.24) is 9.21 Å². The maximum Gasteiger partial charge on any atom is 0.254 e. The highest BCUT2D eigenvalue weighted by molar-refractivity contribution is 7.89. The summed E-state index contributed by atoms with van der Waals surface area (Å²) >= 11 is 0. The Morgan fingerprint density at radius 1 is 0.931 bits per heavy atom. The molecule has 0 N–H and O–H groups in total. The summed E-state index contributed by atoms with van der Waals surface area (Å²) in [6, 6.07) is 12.0. The van der Waals surface area contributed by atoms with Gasteiger partial charge in [0.1, 0.15) is 0 Å². The molecule has 8 heteroatoms. The fourth-order valence-electron chi connectivity index (χ4n) is 3.33. The standard InChI is InChI=1S/C21H26N2O5S/c1-4-16-5-8-18(9-6-16)29(25,26)23-13-11-22(12-14-23)21(24)17-7-10-19(27-2)20(15-17)28-3/h5-10,15H,4,11-14H2,1-3H3. The molecule has 156 valence electrons. The fourth-order valence-corrected chi connectivity index (χ4v) is 4.75. The van der Waals surface area contributed by atoms with Gasteiger partial charge in [0.25, 0.3) is 5.91 Å². The number of nitrogens with zero attached hydrogens (tertiary/aromatic N) is 2. The second-order valence-corrected chi connectivity index (χ2v) is 8.70. The van der Waals surface area contributed by atoms with E-state index in [0.717, 1.165) is 12.0 Å². The highest BCUT2D eigenvalue weighted by Crippen LogP contribution is 2.28. The number of carbonyl (C=O) groups excluding carboxylic acids is 1. The van der Waals surface area contributed by atoms with Crippen LogP contribution in [0.15, 0.2) is 47.4 Å². The van der Waals surface area contributed by atoms with Gasteiger partial charge in [-0.2, -0.15) is 4.31 Å². The summed E-state index contributed by atoms with van der Waals surface area (Å²) in [6.07, 6.45) is 0.858. The van der Waals surface area contributed by atoms with Gasteiger partial charge in [-0.1, -0.05) is 19.1 Å². The van der Waals surface area contributed by atoms with Crippen LogP contribution < -0.4 is 9.47 Å². The quantitative estimate of drug-likeness (QED) is 0.720. The van der Waals surface area contributed by atoms with Crippen molar-refractivity contribution >= 4 is 15.9 Å². The van der Waals surface area contributed by atoms with Crippen LogP contribution in [0.1, 0.15) is 22.8 Å². The minimum Gasteiger partial charge on any atom is -0.493 e. The molecular weight excluding hydrogens is 392 g/mol. The maximum atomic E-state index is 12.9. The van der Waals surface area contributed by atoms with Crippen molar-refractivity contribution in [2.75, 3.05) is 40.4 Å². The van der Waals surface area contributed by atoms with Crippen LogP contribution in [-0.4, -0.2) is 63.9 Å². The highest BCUT2D eigenvalue weighted by atomic mass is 32.2. The summed E-state index contributed by atoms with van der Waals surface area (Å²) < 4.78 is 37.7. The number of rotatable bonds is 6. The van der Waals surface area contributed by atoms with Crippen molar-refractivity contribution in [3.8, 4) is 11.5 Å². The van der Waals surface area contributed by atoms with E-state index in [9.17, 15) is 13.2 Å². The first-order chi connectivity index (χ1) is 13.9. The molecule has 1 saturated heterocycles. The molecule has 0 aromatic heterocycles. The van der Waals surface area contributed by atoms with E-state index in [0.29, 0.717) is 30.2 Å². The number of benzene rings is 2. The molecule has 1 heterocycles. The van der Waals surface area contributed by atoms with Crippen LogP contribution in [0.3, 0.4) is 0 Å². The summed E-state index contributed by atoms with van der Waals surface area (Å²) in [5.41, 5.74) is 1.57. The average Bonchev–Trinajstić information content (AvgIpc) is 2.78. The summed E-state index contributed by atoms with van der Waals surface area (Å²) in [5, 5.41) is 0. The zero-order valence-electron chi connectivity index (χ0n) is 16.9. The molecule has 1 fully saturated rings. The SMILES string of the molecule is CCc1ccc(S(=O)(=O)N2CCN(C(=O)c3ccc(OC)c(OC)c3)CC2)cc1. The summed E-state index contributed by atoms with van der Waals surface area (Å²) in [7, 11) is -0.508. The van der Waals surface area contributed by atoms with Gasteiger partial charge in [0, 0.05) is 31.7 Å². The lowest BCUT2D eigenvalue weighted by Gasteiger charge is -2.34. The van der Waals surface area contributed by atoms with Gasteiger partial charge in [-0.25, -0.2) is 8.42 Å². The van der Waals surface area contributed by atoms with E-state index in [1.807, 2.05) is 19.1 Å². The molecule has 3 rings (SSSR count). The Labute approximate surface area is 171 Å². The van der Waals surface area contributed by atoms with Gasteiger partial charge in [-0.15, -0.1) is 0 Å². The average molecular weight is 419 g/mol. The van der Waals surface area contributed by atoms with Crippen molar-refractivity contribution in [3.63, 3.8) is 0 Å². The van der Waals surface area contributed by atoms with Gasteiger partial charge in [-0.3, -0.25) is 4.79 Å². The Kier molecular flexibility index (Phi) is 6.44. The van der Waals surface area contributed by atoms with Crippen molar-refractivity contribution in [2.24, 2.45) is 0 Å². The topological polar surface area (TPSA) is 76.2 Å². The molecule has 7 nitrogen and oxygen atoms in total. The summed E-state index contributed by atoms with van der Waals surface area (Å²) in [5.74, 6) is 0.874. The van der Waals surface area contributed by atoms with Gasteiger partial charge in [0.05, 0.1) is 19.1 Å². The Morgan fingerprint density at radius 3 is 2.10 bits per heavy atom. The Morgan fingerprint density at radius 2 is 1.55 bits per heavy atom. The first-order valence-corrected chi connectivity index (χ1v) is 10.9. The van der Waals surface area contributed by atoms with Crippen molar-refractivity contribution < 1.29 is 22.7 Å². The zero-order chi connectivity index (χ0) is 21.0. The smallest absolute Gasteiger partial charge is 0.254 e. The van der Waals surface area contributed by atoms with E-state index < -0.39 is 10.0 Å². The molecule has 0 saturated carbocycles. The van der Waals surface area contributed by atoms with Gasteiger partial charge in [0.2, 0.25) is 10.0 Å². The lowest BCUT2D eigenvalue weighted by Crippen LogP contribution is -2.50. The van der Waals surface area contributed by atoms with E-state index in [-0.39, 0.29) is 23.9 Å². The van der Waals surface area contributed by atoms with Crippen LogP contribution in [0, 0.1) is 0 Å². The molecule has 1 aliphatic rings. The first-order valence-electron chi connectivity index (χ1n) is 9.51. The summed E-state index contributed by atoms with van der Waals surface area (Å²) in [4.78, 5) is 14.8.